The van der Waals surface area contributed by atoms with Gasteiger partial charge in [-0.2, -0.15) is 0 Å². The van der Waals surface area contributed by atoms with Gasteiger partial charge in [0.05, 0.1) is 5.92 Å². The Hall–Kier alpha value is -1.30. The Morgan fingerprint density at radius 3 is 2.50 bits per heavy atom. The fourth-order valence-corrected chi connectivity index (χ4v) is 3.81. The molecule has 0 aromatic carbocycles. The van der Waals surface area contributed by atoms with Crippen LogP contribution in [0.25, 0.3) is 0 Å². The van der Waals surface area contributed by atoms with Crippen LogP contribution < -0.4 is 5.32 Å². The molecular formula is C18H32N2O4. The zero-order chi connectivity index (χ0) is 17.9. The zero-order valence-corrected chi connectivity index (χ0v) is 15.4. The molecule has 4 atom stereocenters. The first-order valence-corrected chi connectivity index (χ1v) is 9.16. The molecule has 1 saturated carbocycles. The highest BCUT2D eigenvalue weighted by molar-refractivity contribution is 5.70. The second-order valence-corrected chi connectivity index (χ2v) is 8.23. The van der Waals surface area contributed by atoms with Crippen molar-refractivity contribution in [3.05, 3.63) is 0 Å². The number of carboxylic acids is 1. The number of hydrogen-bond donors (Lipinski definition) is 2. The number of aliphatic carboxylic acids is 1. The topological polar surface area (TPSA) is 78.9 Å². The molecule has 0 radical (unpaired) electrons. The standard InChI is InChI=1S/C18H32N2O4/c1-12-15(19-14-8-5-7-13(11-14)16(21)22)9-6-10-20(12)17(23)24-18(2,3)4/h12-15,19H,5-11H2,1-4H3,(H,21,22). The first-order chi connectivity index (χ1) is 11.2. The molecule has 2 N–H and O–H groups in total. The molecule has 6 heteroatoms. The van der Waals surface area contributed by atoms with Crippen LogP contribution in [0.5, 0.6) is 0 Å². The first-order valence-electron chi connectivity index (χ1n) is 9.16. The van der Waals surface area contributed by atoms with Crippen molar-refractivity contribution in [3.63, 3.8) is 0 Å². The van der Waals surface area contributed by atoms with Crippen LogP contribution in [-0.4, -0.2) is 52.3 Å². The molecule has 4 unspecified atom stereocenters. The maximum Gasteiger partial charge on any atom is 0.410 e. The Labute approximate surface area is 144 Å². The van der Waals surface area contributed by atoms with E-state index in [1.54, 1.807) is 0 Å². The number of rotatable bonds is 3. The summed E-state index contributed by atoms with van der Waals surface area (Å²) in [5, 5.41) is 12.9. The summed E-state index contributed by atoms with van der Waals surface area (Å²) in [4.78, 5) is 25.4. The minimum atomic E-state index is -0.687. The molecule has 0 bridgehead atoms. The van der Waals surface area contributed by atoms with Gasteiger partial charge >= 0.3 is 12.1 Å². The summed E-state index contributed by atoms with van der Waals surface area (Å²) in [6.07, 6.45) is 5.12. The third kappa shape index (κ3) is 5.10. The van der Waals surface area contributed by atoms with Crippen molar-refractivity contribution in [2.24, 2.45) is 5.92 Å². The van der Waals surface area contributed by atoms with Gasteiger partial charge in [-0.25, -0.2) is 4.79 Å². The molecule has 0 spiro atoms. The third-order valence-corrected chi connectivity index (χ3v) is 5.09. The van der Waals surface area contributed by atoms with Gasteiger partial charge in [-0.3, -0.25) is 4.79 Å². The van der Waals surface area contributed by atoms with E-state index in [0.29, 0.717) is 6.42 Å². The number of piperidine rings is 1. The Kier molecular flexibility index (Phi) is 6.12. The van der Waals surface area contributed by atoms with Gasteiger partial charge in [0.15, 0.2) is 0 Å². The van der Waals surface area contributed by atoms with Crippen molar-refractivity contribution >= 4 is 12.1 Å². The maximum absolute atomic E-state index is 12.4. The average Bonchev–Trinajstić information content (AvgIpc) is 2.48. The van der Waals surface area contributed by atoms with Crippen LogP contribution >= 0.6 is 0 Å². The maximum atomic E-state index is 12.4. The summed E-state index contributed by atoms with van der Waals surface area (Å²) in [5.74, 6) is -0.925. The van der Waals surface area contributed by atoms with Crippen LogP contribution in [-0.2, 0) is 9.53 Å². The van der Waals surface area contributed by atoms with Crippen molar-refractivity contribution in [3.8, 4) is 0 Å². The molecule has 0 aromatic heterocycles. The fraction of sp³-hybridized carbons (Fsp3) is 0.889. The van der Waals surface area contributed by atoms with E-state index in [9.17, 15) is 14.7 Å². The van der Waals surface area contributed by atoms with E-state index in [4.69, 9.17) is 4.74 Å². The zero-order valence-electron chi connectivity index (χ0n) is 15.4. The summed E-state index contributed by atoms with van der Waals surface area (Å²) in [7, 11) is 0. The highest BCUT2D eigenvalue weighted by Crippen LogP contribution is 2.27. The lowest BCUT2D eigenvalue weighted by molar-refractivity contribution is -0.143. The monoisotopic (exact) mass is 340 g/mol. The lowest BCUT2D eigenvalue weighted by atomic mass is 9.84. The van der Waals surface area contributed by atoms with Crippen LogP contribution in [0.15, 0.2) is 0 Å². The molecule has 1 saturated heterocycles. The average molecular weight is 340 g/mol. The van der Waals surface area contributed by atoms with E-state index in [-0.39, 0.29) is 30.1 Å². The van der Waals surface area contributed by atoms with Crippen LogP contribution in [0.4, 0.5) is 4.79 Å². The number of carboxylic acid groups (broad SMARTS) is 1. The number of nitrogens with one attached hydrogen (secondary N) is 1. The molecule has 2 fully saturated rings. The minimum Gasteiger partial charge on any atom is -0.481 e. The third-order valence-electron chi connectivity index (χ3n) is 5.09. The van der Waals surface area contributed by atoms with Crippen molar-refractivity contribution in [1.82, 2.24) is 10.2 Å². The summed E-state index contributed by atoms with van der Waals surface area (Å²) in [6.45, 7) is 8.41. The van der Waals surface area contributed by atoms with Gasteiger partial charge in [0.25, 0.3) is 0 Å². The predicted molar refractivity (Wildman–Crippen MR) is 91.9 cm³/mol. The molecule has 6 nitrogen and oxygen atoms in total. The summed E-state index contributed by atoms with van der Waals surface area (Å²) >= 11 is 0. The molecule has 1 aliphatic heterocycles. The van der Waals surface area contributed by atoms with Gasteiger partial charge in [0.2, 0.25) is 0 Å². The van der Waals surface area contributed by atoms with Crippen LogP contribution in [0.1, 0.15) is 66.2 Å². The quantitative estimate of drug-likeness (QED) is 0.826. The number of carbonyl (C=O) groups is 2. The molecule has 0 aromatic rings. The van der Waals surface area contributed by atoms with Gasteiger partial charge < -0.3 is 20.1 Å². The number of amides is 1. The highest BCUT2D eigenvalue weighted by atomic mass is 16.6. The Bertz CT molecular complexity index is 460. The summed E-state index contributed by atoms with van der Waals surface area (Å²) < 4.78 is 5.52. The lowest BCUT2D eigenvalue weighted by Crippen LogP contribution is -2.57. The van der Waals surface area contributed by atoms with Crippen molar-refractivity contribution in [2.75, 3.05) is 6.54 Å². The molecule has 138 valence electrons. The van der Waals surface area contributed by atoms with Crippen LogP contribution in [0.3, 0.4) is 0 Å². The normalized spacial score (nSPS) is 31.6. The van der Waals surface area contributed by atoms with Gasteiger partial charge in [-0.05, 0) is 59.8 Å². The van der Waals surface area contributed by atoms with E-state index in [0.717, 1.165) is 38.6 Å². The number of likely N-dealkylation sites (tertiary alicyclic amines) is 1. The number of carbonyl (C=O) groups excluding carboxylic acids is 1. The van der Waals surface area contributed by atoms with Gasteiger partial charge in [0.1, 0.15) is 5.60 Å². The largest absolute Gasteiger partial charge is 0.481 e. The smallest absolute Gasteiger partial charge is 0.410 e. The molecule has 1 aliphatic carbocycles. The Morgan fingerprint density at radius 2 is 1.88 bits per heavy atom. The Morgan fingerprint density at radius 1 is 1.17 bits per heavy atom. The van der Waals surface area contributed by atoms with Crippen molar-refractivity contribution in [2.45, 2.75) is 89.9 Å². The number of hydrogen-bond acceptors (Lipinski definition) is 4. The fourth-order valence-electron chi connectivity index (χ4n) is 3.81. The number of nitrogens with zero attached hydrogens (tertiary/aromatic N) is 1. The van der Waals surface area contributed by atoms with Gasteiger partial charge in [-0.15, -0.1) is 0 Å². The molecule has 2 rings (SSSR count). The van der Waals surface area contributed by atoms with E-state index < -0.39 is 11.6 Å². The van der Waals surface area contributed by atoms with Gasteiger partial charge in [-0.1, -0.05) is 6.42 Å². The SMILES string of the molecule is CC1C(NC2CCCC(C(=O)O)C2)CCCN1C(=O)OC(C)(C)C. The highest BCUT2D eigenvalue weighted by Gasteiger charge is 2.36. The minimum absolute atomic E-state index is 0.0544. The molecular weight excluding hydrogens is 308 g/mol. The van der Waals surface area contributed by atoms with Crippen LogP contribution in [0.2, 0.25) is 0 Å². The predicted octanol–water partition coefficient (Wildman–Crippen LogP) is 3.01. The van der Waals surface area contributed by atoms with Gasteiger partial charge in [0, 0.05) is 24.7 Å². The second kappa shape index (κ2) is 7.72. The molecule has 24 heavy (non-hydrogen) atoms. The van der Waals surface area contributed by atoms with Crippen molar-refractivity contribution in [1.29, 1.82) is 0 Å². The van der Waals surface area contributed by atoms with Crippen LogP contribution in [0, 0.1) is 5.92 Å². The number of ether oxygens (including phenoxy) is 1. The lowest BCUT2D eigenvalue weighted by Gasteiger charge is -2.42. The van der Waals surface area contributed by atoms with E-state index in [1.165, 1.54) is 0 Å². The molecule has 2 aliphatic rings. The summed E-state index contributed by atoms with van der Waals surface area (Å²) in [6, 6.07) is 0.480. The van der Waals surface area contributed by atoms with E-state index in [2.05, 4.69) is 12.2 Å². The Balaban J connectivity index is 1.93. The second-order valence-electron chi connectivity index (χ2n) is 8.23. The molecule has 1 amide bonds. The summed E-state index contributed by atoms with van der Waals surface area (Å²) in [5.41, 5.74) is -0.491. The van der Waals surface area contributed by atoms with Crippen molar-refractivity contribution < 1.29 is 19.4 Å². The van der Waals surface area contributed by atoms with E-state index >= 15 is 0 Å². The first kappa shape index (κ1) is 19.0. The molecule has 1 heterocycles. The van der Waals surface area contributed by atoms with E-state index in [1.807, 2.05) is 25.7 Å².